The van der Waals surface area contributed by atoms with Gasteiger partial charge in [0.2, 0.25) is 4.27 Å². The average molecular weight is 230 g/mol. The van der Waals surface area contributed by atoms with Crippen LogP contribution >= 0.6 is 25.3 Å². The van der Waals surface area contributed by atoms with E-state index in [1.807, 2.05) is 0 Å². The van der Waals surface area contributed by atoms with E-state index < -0.39 is 4.27 Å². The summed E-state index contributed by atoms with van der Waals surface area (Å²) in [6.07, 6.45) is 6.34. The molecule has 0 bridgehead atoms. The van der Waals surface area contributed by atoms with Gasteiger partial charge in [0.15, 0.2) is 0 Å². The molecular formula is C10H14O2S2. The van der Waals surface area contributed by atoms with E-state index in [1.54, 1.807) is 0 Å². The lowest BCUT2D eigenvalue weighted by Gasteiger charge is -2.19. The second kappa shape index (κ2) is 3.81. The first-order valence-corrected chi connectivity index (χ1v) is 5.91. The van der Waals surface area contributed by atoms with E-state index in [0.717, 1.165) is 36.8 Å². The maximum atomic E-state index is 11.5. The molecule has 0 saturated heterocycles. The van der Waals surface area contributed by atoms with Crippen LogP contribution in [0.15, 0.2) is 11.1 Å². The molecule has 0 N–H and O–H groups in total. The largest absolute Gasteiger partial charge is 0.431 e. The lowest BCUT2D eigenvalue weighted by molar-refractivity contribution is -0.138. The predicted molar refractivity (Wildman–Crippen MR) is 61.5 cm³/mol. The van der Waals surface area contributed by atoms with Crippen LogP contribution in [0.25, 0.3) is 0 Å². The average Bonchev–Trinajstić information content (AvgIpc) is 2.19. The van der Waals surface area contributed by atoms with E-state index in [0.29, 0.717) is 0 Å². The third-order valence-electron chi connectivity index (χ3n) is 2.84. The molecule has 14 heavy (non-hydrogen) atoms. The van der Waals surface area contributed by atoms with Crippen molar-refractivity contribution in [1.82, 2.24) is 0 Å². The van der Waals surface area contributed by atoms with Gasteiger partial charge in [0, 0.05) is 11.1 Å². The Morgan fingerprint density at radius 1 is 1.07 bits per heavy atom. The first-order chi connectivity index (χ1) is 6.61. The fourth-order valence-corrected chi connectivity index (χ4v) is 2.76. The van der Waals surface area contributed by atoms with E-state index in [2.05, 4.69) is 25.3 Å². The molecule has 0 aromatic heterocycles. The summed E-state index contributed by atoms with van der Waals surface area (Å²) in [5.41, 5.74) is 1.82. The third-order valence-corrected chi connectivity index (χ3v) is 3.56. The third kappa shape index (κ3) is 1.82. The van der Waals surface area contributed by atoms with Crippen molar-refractivity contribution >= 4 is 31.2 Å². The zero-order valence-electron chi connectivity index (χ0n) is 7.95. The molecule has 0 aromatic carbocycles. The van der Waals surface area contributed by atoms with Gasteiger partial charge in [-0.05, 0) is 25.7 Å². The number of carbonyl (C=O) groups excluding carboxylic acids is 1. The lowest BCUT2D eigenvalue weighted by atomic mass is 9.95. The van der Waals surface area contributed by atoms with Crippen molar-refractivity contribution < 1.29 is 9.53 Å². The summed E-state index contributed by atoms with van der Waals surface area (Å²) in [6.45, 7) is 0. The maximum absolute atomic E-state index is 11.5. The Morgan fingerprint density at radius 2 is 1.71 bits per heavy atom. The minimum Gasteiger partial charge on any atom is -0.431 e. The summed E-state index contributed by atoms with van der Waals surface area (Å²) < 4.78 is 4.18. The Kier molecular flexibility index (Phi) is 2.84. The molecule has 2 aliphatic rings. The molecule has 1 aliphatic heterocycles. The molecule has 4 heteroatoms. The monoisotopic (exact) mass is 230 g/mol. The molecule has 2 rings (SSSR count). The molecule has 0 amide bonds. The van der Waals surface area contributed by atoms with Gasteiger partial charge < -0.3 is 4.74 Å². The van der Waals surface area contributed by atoms with Gasteiger partial charge in [-0.25, -0.2) is 4.79 Å². The molecule has 78 valence electrons. The number of carbonyl (C=O) groups is 1. The van der Waals surface area contributed by atoms with Gasteiger partial charge in [-0.3, -0.25) is 0 Å². The second-order valence-electron chi connectivity index (χ2n) is 3.87. The van der Waals surface area contributed by atoms with Crippen LogP contribution in [0.2, 0.25) is 0 Å². The molecule has 0 unspecified atom stereocenters. The fourth-order valence-electron chi connectivity index (χ4n) is 2.10. The number of esters is 1. The van der Waals surface area contributed by atoms with E-state index in [-0.39, 0.29) is 5.97 Å². The molecule has 1 aliphatic carbocycles. The number of hydrogen-bond donors (Lipinski definition) is 2. The number of hydrogen-bond acceptors (Lipinski definition) is 4. The van der Waals surface area contributed by atoms with Crippen molar-refractivity contribution in [3.8, 4) is 0 Å². The molecule has 0 saturated carbocycles. The van der Waals surface area contributed by atoms with E-state index in [4.69, 9.17) is 4.74 Å². The summed E-state index contributed by atoms with van der Waals surface area (Å²) in [4.78, 5) is 11.5. The Hall–Kier alpha value is -0.0900. The van der Waals surface area contributed by atoms with E-state index in [1.165, 1.54) is 12.8 Å². The normalized spacial score (nSPS) is 26.6. The quantitative estimate of drug-likeness (QED) is 0.380. The number of ether oxygens (including phenoxy) is 1. The highest BCUT2D eigenvalue weighted by Crippen LogP contribution is 2.44. The Labute approximate surface area is 94.9 Å². The van der Waals surface area contributed by atoms with Crippen molar-refractivity contribution in [3.63, 3.8) is 0 Å². The van der Waals surface area contributed by atoms with Crippen LogP contribution in [0.3, 0.4) is 0 Å². The maximum Gasteiger partial charge on any atom is 0.336 e. The van der Waals surface area contributed by atoms with Crippen LogP contribution in [-0.2, 0) is 9.53 Å². The molecule has 2 nitrogen and oxygen atoms in total. The van der Waals surface area contributed by atoms with Gasteiger partial charge in [0.25, 0.3) is 0 Å². The van der Waals surface area contributed by atoms with E-state index in [9.17, 15) is 4.79 Å². The van der Waals surface area contributed by atoms with Crippen molar-refractivity contribution in [2.75, 3.05) is 0 Å². The molecule has 0 radical (unpaired) electrons. The highest BCUT2D eigenvalue weighted by molar-refractivity contribution is 8.00. The summed E-state index contributed by atoms with van der Waals surface area (Å²) in [6, 6.07) is 0. The van der Waals surface area contributed by atoms with Gasteiger partial charge in [-0.15, -0.1) is 25.3 Å². The number of thiol groups is 2. The van der Waals surface area contributed by atoms with Crippen molar-refractivity contribution in [3.05, 3.63) is 11.1 Å². The van der Waals surface area contributed by atoms with Gasteiger partial charge in [0.05, 0.1) is 0 Å². The minimum atomic E-state index is -0.941. The number of rotatable bonds is 0. The molecular weight excluding hydrogens is 216 g/mol. The smallest absolute Gasteiger partial charge is 0.336 e. The molecule has 1 heterocycles. The van der Waals surface area contributed by atoms with Crippen LogP contribution < -0.4 is 0 Å². The second-order valence-corrected chi connectivity index (χ2v) is 5.48. The fraction of sp³-hybridized carbons (Fsp3) is 0.700. The summed E-state index contributed by atoms with van der Waals surface area (Å²) in [7, 11) is 0. The Balaban J connectivity index is 2.31. The topological polar surface area (TPSA) is 26.3 Å². The number of cyclic esters (lactones) is 1. The standard InChI is InChI=1S/C10H14O2S2/c11-9-7-5-3-1-2-4-6-8(7)10(13,14)12-9/h13-14H,1-6H2. The lowest BCUT2D eigenvalue weighted by Crippen LogP contribution is -2.16. The Bertz CT molecular complexity index is 294. The highest BCUT2D eigenvalue weighted by Gasteiger charge is 2.41. The summed E-state index contributed by atoms with van der Waals surface area (Å²) in [5, 5.41) is 0. The van der Waals surface area contributed by atoms with Crippen LogP contribution in [0.5, 0.6) is 0 Å². The van der Waals surface area contributed by atoms with Gasteiger partial charge in [-0.1, -0.05) is 12.8 Å². The molecule has 0 spiro atoms. The predicted octanol–water partition coefficient (Wildman–Crippen LogP) is 2.71. The van der Waals surface area contributed by atoms with Gasteiger partial charge in [0.1, 0.15) is 0 Å². The summed E-state index contributed by atoms with van der Waals surface area (Å²) in [5.74, 6) is -0.216. The molecule has 0 fully saturated rings. The molecule has 0 atom stereocenters. The van der Waals surface area contributed by atoms with Crippen molar-refractivity contribution in [1.29, 1.82) is 0 Å². The van der Waals surface area contributed by atoms with Crippen LogP contribution in [-0.4, -0.2) is 10.2 Å². The van der Waals surface area contributed by atoms with Crippen LogP contribution in [0, 0.1) is 0 Å². The Morgan fingerprint density at radius 3 is 2.43 bits per heavy atom. The van der Waals surface area contributed by atoms with E-state index >= 15 is 0 Å². The van der Waals surface area contributed by atoms with Crippen molar-refractivity contribution in [2.24, 2.45) is 0 Å². The van der Waals surface area contributed by atoms with Crippen LogP contribution in [0.1, 0.15) is 38.5 Å². The summed E-state index contributed by atoms with van der Waals surface area (Å²) >= 11 is 8.55. The zero-order chi connectivity index (χ0) is 10.2. The first-order valence-electron chi connectivity index (χ1n) is 5.02. The zero-order valence-corrected chi connectivity index (χ0v) is 9.74. The van der Waals surface area contributed by atoms with Gasteiger partial charge >= 0.3 is 5.97 Å². The van der Waals surface area contributed by atoms with Crippen molar-refractivity contribution in [2.45, 2.75) is 42.8 Å². The minimum absolute atomic E-state index is 0.216. The molecule has 0 aromatic rings. The van der Waals surface area contributed by atoms with Crippen LogP contribution in [0.4, 0.5) is 0 Å². The SMILES string of the molecule is O=C1OC(S)(S)C2=C1CCCCCC2. The highest BCUT2D eigenvalue weighted by atomic mass is 32.2. The van der Waals surface area contributed by atoms with Gasteiger partial charge in [-0.2, -0.15) is 0 Å². The first kappa shape index (κ1) is 10.4.